The van der Waals surface area contributed by atoms with Gasteiger partial charge in [0.25, 0.3) is 16.1 Å². The molecule has 16 nitrogen and oxygen atoms in total. The molecule has 1 aromatic carbocycles. The van der Waals surface area contributed by atoms with Crippen LogP contribution in [0.15, 0.2) is 50.4 Å². The van der Waals surface area contributed by atoms with Crippen molar-refractivity contribution in [3.63, 3.8) is 0 Å². The molecule has 0 amide bonds. The fourth-order valence-corrected chi connectivity index (χ4v) is 4.10. The Morgan fingerprint density at radius 2 is 1.83 bits per heavy atom. The number of anilines is 1. The van der Waals surface area contributed by atoms with Crippen molar-refractivity contribution < 1.29 is 21.7 Å². The summed E-state index contributed by atoms with van der Waals surface area (Å²) in [7, 11) is -4.40. The first kappa shape index (κ1) is 25.0. The average Bonchev–Trinajstić information content (AvgIpc) is 3.30. The Morgan fingerprint density at radius 3 is 2.44 bits per heavy atom. The summed E-state index contributed by atoms with van der Waals surface area (Å²) in [4.78, 5) is 21.6. The highest BCUT2D eigenvalue weighted by molar-refractivity contribution is 7.85. The van der Waals surface area contributed by atoms with Crippen LogP contribution in [0.2, 0.25) is 0 Å². The molecular weight excluding hydrogens is 516 g/mol. The summed E-state index contributed by atoms with van der Waals surface area (Å²) in [6.07, 6.45) is 1.31. The zero-order valence-corrected chi connectivity index (χ0v) is 20.2. The first-order valence-electron chi connectivity index (χ1n) is 9.88. The first-order chi connectivity index (χ1) is 16.9. The number of nitrogens with zero attached hydrogens (tertiary/aromatic N) is 8. The second-order valence-corrected chi connectivity index (χ2v) is 9.66. The Bertz CT molecular complexity index is 1670. The molecule has 1 unspecified atom stereocenters. The molecule has 0 aliphatic carbocycles. The highest BCUT2D eigenvalue weighted by Gasteiger charge is 2.19. The molecule has 5 N–H and O–H groups in total. The molecule has 3 aromatic heterocycles. The summed E-state index contributed by atoms with van der Waals surface area (Å²) < 4.78 is 55.1. The van der Waals surface area contributed by atoms with E-state index in [1.165, 1.54) is 23.0 Å². The van der Waals surface area contributed by atoms with E-state index in [0.717, 1.165) is 16.8 Å². The molecule has 0 aliphatic rings. The summed E-state index contributed by atoms with van der Waals surface area (Å²) in [5, 5.41) is 16.7. The van der Waals surface area contributed by atoms with Gasteiger partial charge < -0.3 is 10.3 Å². The van der Waals surface area contributed by atoms with Crippen molar-refractivity contribution in [2.75, 3.05) is 5.73 Å². The van der Waals surface area contributed by atoms with Crippen LogP contribution in [0.5, 0.6) is 0 Å². The minimum atomic E-state index is -4.40. The molecule has 0 saturated heterocycles. The third-order valence-electron chi connectivity index (χ3n) is 4.73. The molecule has 0 fully saturated rings. The molecular formula is C18H18N10O6S2. The molecule has 0 spiro atoms. The van der Waals surface area contributed by atoms with Crippen LogP contribution in [-0.4, -0.2) is 56.2 Å². The van der Waals surface area contributed by atoms with E-state index in [1.54, 1.807) is 13.8 Å². The van der Waals surface area contributed by atoms with Crippen molar-refractivity contribution >= 4 is 38.5 Å². The lowest BCUT2D eigenvalue weighted by Crippen LogP contribution is -2.19. The molecule has 18 heteroatoms. The molecule has 4 rings (SSSR count). The van der Waals surface area contributed by atoms with Crippen LogP contribution in [0.4, 0.5) is 17.3 Å². The van der Waals surface area contributed by atoms with Crippen molar-refractivity contribution in [1.82, 2.24) is 34.5 Å². The Balaban J connectivity index is 1.78. The maximum atomic E-state index is 11.7. The molecule has 4 aromatic rings. The van der Waals surface area contributed by atoms with Crippen LogP contribution in [0.3, 0.4) is 0 Å². The number of hydrogen-bond donors (Lipinski definition) is 4. The Hall–Kier alpha value is -4.13. The fourth-order valence-electron chi connectivity index (χ4n) is 3.15. The second-order valence-electron chi connectivity index (χ2n) is 7.31. The summed E-state index contributed by atoms with van der Waals surface area (Å²) >= 11 is -2.23. The number of aromatic nitrogens is 7. The van der Waals surface area contributed by atoms with E-state index in [2.05, 4.69) is 35.4 Å². The molecule has 188 valence electrons. The predicted molar refractivity (Wildman–Crippen MR) is 126 cm³/mol. The minimum Gasteiger partial charge on any atom is -0.382 e. The maximum Gasteiger partial charge on any atom is 0.349 e. The first-order valence-corrected chi connectivity index (χ1v) is 12.6. The Labute approximate surface area is 205 Å². The third kappa shape index (κ3) is 5.10. The molecule has 0 bridgehead atoms. The number of nitrogens with two attached hydrogens (primary N) is 1. The lowest BCUT2D eigenvalue weighted by molar-refractivity contribution is 0.483. The van der Waals surface area contributed by atoms with Crippen molar-refractivity contribution in [3.05, 3.63) is 58.0 Å². The van der Waals surface area contributed by atoms with Gasteiger partial charge >= 0.3 is 5.69 Å². The van der Waals surface area contributed by atoms with E-state index in [0.29, 0.717) is 17.2 Å². The predicted octanol–water partition coefficient (Wildman–Crippen LogP) is 1.12. The van der Waals surface area contributed by atoms with Crippen molar-refractivity contribution in [2.45, 2.75) is 24.5 Å². The number of aryl methyl sites for hydroxylation is 2. The maximum absolute atomic E-state index is 11.7. The number of azo groups is 1. The second kappa shape index (κ2) is 9.49. The number of nitrogen functional groups attached to an aromatic ring is 1. The van der Waals surface area contributed by atoms with Gasteiger partial charge in [0.05, 0.1) is 28.2 Å². The van der Waals surface area contributed by atoms with Gasteiger partial charge in [0, 0.05) is 5.56 Å². The number of hydrogen-bond acceptors (Lipinski definition) is 11. The lowest BCUT2D eigenvalue weighted by Gasteiger charge is -2.06. The highest BCUT2D eigenvalue weighted by Crippen LogP contribution is 2.32. The van der Waals surface area contributed by atoms with Crippen LogP contribution in [0.1, 0.15) is 17.1 Å². The van der Waals surface area contributed by atoms with E-state index in [-0.39, 0.29) is 39.5 Å². The van der Waals surface area contributed by atoms with Gasteiger partial charge in [-0.3, -0.25) is 9.54 Å². The van der Waals surface area contributed by atoms with Crippen LogP contribution >= 0.6 is 0 Å². The zero-order chi connectivity index (χ0) is 26.2. The van der Waals surface area contributed by atoms with Crippen LogP contribution in [0.25, 0.3) is 11.6 Å². The van der Waals surface area contributed by atoms with E-state index in [1.807, 2.05) is 0 Å². The van der Waals surface area contributed by atoms with Gasteiger partial charge in [0.1, 0.15) is 5.82 Å². The van der Waals surface area contributed by atoms with Gasteiger partial charge in [-0.1, -0.05) is 0 Å². The number of aromatic amines is 1. The number of benzene rings is 1. The number of H-pyrrole nitrogens is 1. The normalized spacial score (nSPS) is 12.9. The molecule has 3 heterocycles. The fraction of sp³-hybridized carbons (Fsp3) is 0.167. The number of rotatable bonds is 7. The Kier molecular flexibility index (Phi) is 6.59. The van der Waals surface area contributed by atoms with Crippen molar-refractivity contribution in [1.29, 1.82) is 0 Å². The summed E-state index contributed by atoms with van der Waals surface area (Å²) in [6.45, 7) is 3.16. The van der Waals surface area contributed by atoms with Gasteiger partial charge in [0.2, 0.25) is 0 Å². The largest absolute Gasteiger partial charge is 0.382 e. The van der Waals surface area contributed by atoms with Gasteiger partial charge in [0.15, 0.2) is 28.4 Å². The monoisotopic (exact) mass is 534 g/mol. The van der Waals surface area contributed by atoms with Crippen LogP contribution in [0, 0.1) is 13.8 Å². The topological polar surface area (TPSA) is 237 Å². The smallest absolute Gasteiger partial charge is 0.349 e. The van der Waals surface area contributed by atoms with Crippen molar-refractivity contribution in [3.8, 4) is 11.6 Å². The molecule has 0 radical (unpaired) electrons. The van der Waals surface area contributed by atoms with E-state index in [9.17, 15) is 26.5 Å². The van der Waals surface area contributed by atoms with E-state index in [4.69, 9.17) is 5.73 Å². The summed E-state index contributed by atoms with van der Waals surface area (Å²) in [6, 6.07) is 5.04. The lowest BCUT2D eigenvalue weighted by atomic mass is 10.3. The van der Waals surface area contributed by atoms with Gasteiger partial charge in [-0.05, 0) is 38.1 Å². The van der Waals surface area contributed by atoms with Gasteiger partial charge in [-0.2, -0.15) is 33.3 Å². The summed E-state index contributed by atoms with van der Waals surface area (Å²) in [5.74, 6) is -0.0423. The van der Waals surface area contributed by atoms with Crippen LogP contribution < -0.4 is 11.4 Å². The quantitative estimate of drug-likeness (QED) is 0.149. The molecule has 0 aliphatic heterocycles. The van der Waals surface area contributed by atoms with Crippen LogP contribution in [-0.2, 0) is 27.0 Å². The summed E-state index contributed by atoms with van der Waals surface area (Å²) in [5.41, 5.74) is 6.57. The SMILES string of the molecule is Cc1nc(-n2nc(C)c(N=Nc3c(CS(=O)O)cnn3-c3ccc(S(=O)(=O)O)cc3)c2N)nc(=O)[nH]1. The van der Waals surface area contributed by atoms with Crippen molar-refractivity contribution in [2.24, 2.45) is 10.2 Å². The van der Waals surface area contributed by atoms with E-state index >= 15 is 0 Å². The minimum absolute atomic E-state index is 0.0166. The molecule has 36 heavy (non-hydrogen) atoms. The highest BCUT2D eigenvalue weighted by atomic mass is 32.2. The van der Waals surface area contributed by atoms with Gasteiger partial charge in [-0.15, -0.1) is 10.2 Å². The third-order valence-corrected chi connectivity index (χ3v) is 6.16. The number of nitrogens with one attached hydrogen (secondary N) is 1. The average molecular weight is 535 g/mol. The van der Waals surface area contributed by atoms with Gasteiger partial charge in [-0.25, -0.2) is 13.7 Å². The molecule has 0 saturated carbocycles. The van der Waals surface area contributed by atoms with E-state index < -0.39 is 26.9 Å². The standard InChI is InChI=1S/C18H18N10O6S2/c1-9-14(15(19)28(26-9)17-21-10(2)22-18(29)23-17)24-25-16-11(8-35(30)31)7-20-27(16)12-3-5-13(6-4-12)36(32,33)34/h3-7H,8,19H2,1-2H3,(H,30,31)(H,32,33,34)(H,21,22,23,29). The Morgan fingerprint density at radius 1 is 1.14 bits per heavy atom. The zero-order valence-electron chi connectivity index (χ0n) is 18.6. The molecule has 1 atom stereocenters.